The Bertz CT molecular complexity index is 5250. The van der Waals surface area contributed by atoms with Gasteiger partial charge >= 0.3 is 54.1 Å². The number of unbranched alkanes of at least 4 members (excludes halogenated alkanes) is 1. The normalized spacial score (nSPS) is 15.6. The van der Waals surface area contributed by atoms with Crippen molar-refractivity contribution in [1.82, 2.24) is 56.6 Å². The number of cyclic esters (lactones) is 1. The second-order valence-electron chi connectivity index (χ2n) is 36.7. The number of aromatic nitrogens is 2. The number of hydrogen-bond acceptors (Lipinski definition) is 24. The predicted octanol–water partition coefficient (Wildman–Crippen LogP) is 9.35. The first-order valence-corrected chi connectivity index (χ1v) is 43.6. The van der Waals surface area contributed by atoms with Crippen molar-refractivity contribution in [2.45, 2.75) is 271 Å². The van der Waals surface area contributed by atoms with Crippen LogP contribution in [0.4, 0.5) is 24.9 Å². The lowest BCUT2D eigenvalue weighted by atomic mass is 9.67. The molecule has 6 atom stereocenters. The van der Waals surface area contributed by atoms with Crippen LogP contribution in [0.1, 0.15) is 214 Å². The molecule has 1 aliphatic carbocycles. The molecule has 11 amide bonds. The van der Waals surface area contributed by atoms with Crippen LogP contribution in [0.5, 0.6) is 5.75 Å². The number of esters is 5. The van der Waals surface area contributed by atoms with E-state index in [0.29, 0.717) is 40.9 Å². The molecule has 0 bridgehead atoms. The zero-order valence-electron chi connectivity index (χ0n) is 76.4. The number of amides is 11. The van der Waals surface area contributed by atoms with E-state index < -0.39 is 159 Å². The number of nitrogens with one attached hydrogen (secondary N) is 8. The van der Waals surface area contributed by atoms with E-state index >= 15 is 9.59 Å². The fourth-order valence-electron chi connectivity index (χ4n) is 15.1. The average Bonchev–Trinajstić information content (AvgIpc) is 1.63. The summed E-state index contributed by atoms with van der Waals surface area (Å²) in [7, 11) is 2.86. The number of ether oxygens (including phenoxy) is 7. The van der Waals surface area contributed by atoms with E-state index in [2.05, 4.69) is 42.5 Å². The maximum absolute atomic E-state index is 15.0. The largest absolute Gasteiger partial charge is 0.508 e. The minimum atomic E-state index is -2.03. The lowest BCUT2D eigenvalue weighted by Crippen LogP contribution is -2.62. The van der Waals surface area contributed by atoms with Crippen molar-refractivity contribution in [1.29, 1.82) is 0 Å². The Hall–Kier alpha value is -12.9. The Kier molecular flexibility index (Phi) is 33.1. The molecule has 0 spiro atoms. The number of likely N-dealkylation sites (N-methyl/N-ethyl adjacent to an activating group) is 2. The molecular formula is C93H123N13O23. The van der Waals surface area contributed by atoms with Crippen LogP contribution in [0.2, 0.25) is 0 Å². The number of phenols is 1. The average molecular weight is 1790 g/mol. The van der Waals surface area contributed by atoms with Crippen molar-refractivity contribution in [3.63, 3.8) is 0 Å². The summed E-state index contributed by atoms with van der Waals surface area (Å²) in [6.45, 7) is 22.8. The summed E-state index contributed by atoms with van der Waals surface area (Å²) in [6, 6.07) is 17.0. The fourth-order valence-corrected chi connectivity index (χ4v) is 15.1. The van der Waals surface area contributed by atoms with Crippen LogP contribution in [0.3, 0.4) is 0 Å². The summed E-state index contributed by atoms with van der Waals surface area (Å²) < 4.78 is 41.0. The predicted molar refractivity (Wildman–Crippen MR) is 475 cm³/mol. The number of carbonyl (C=O) groups is 14. The first kappa shape index (κ1) is 99.9. The third-order valence-corrected chi connectivity index (χ3v) is 21.9. The molecule has 698 valence electrons. The van der Waals surface area contributed by atoms with Crippen LogP contribution in [0.15, 0.2) is 95.8 Å². The maximum Gasteiger partial charge on any atom is 0.411 e. The van der Waals surface area contributed by atoms with Crippen LogP contribution in [0.25, 0.3) is 33.1 Å². The quantitative estimate of drug-likeness (QED) is 0.00745. The molecule has 1 fully saturated rings. The third-order valence-electron chi connectivity index (χ3n) is 21.9. The molecule has 4 heterocycles. The van der Waals surface area contributed by atoms with Gasteiger partial charge < -0.3 is 101 Å². The van der Waals surface area contributed by atoms with Crippen molar-refractivity contribution in [3.05, 3.63) is 135 Å². The van der Waals surface area contributed by atoms with Gasteiger partial charge in [-0.15, -0.1) is 0 Å². The molecule has 129 heavy (non-hydrogen) atoms. The highest BCUT2D eigenvalue weighted by Crippen LogP contribution is 2.44. The van der Waals surface area contributed by atoms with Gasteiger partial charge in [-0.3, -0.25) is 38.4 Å². The van der Waals surface area contributed by atoms with Gasteiger partial charge in [0.2, 0.25) is 35.1 Å². The minimum absolute atomic E-state index is 0.0127. The summed E-state index contributed by atoms with van der Waals surface area (Å²) in [6.07, 6.45) is -1.94. The smallest absolute Gasteiger partial charge is 0.411 e. The Morgan fingerprint density at radius 1 is 0.581 bits per heavy atom. The van der Waals surface area contributed by atoms with Crippen molar-refractivity contribution >= 4 is 111 Å². The van der Waals surface area contributed by atoms with Gasteiger partial charge in [0.1, 0.15) is 77.0 Å². The molecule has 6 aromatic rings. The number of urea groups is 2. The standard InChI is InChI=1S/C93H123N13O23/c1-17-60-61-49-59(107)35-36-65(61)98-74-62(60)51-106-71(74)50-64-63(78(106)113)53-123-83(118)93(64,18-2)129-87(122)105(16)46-45-104(15)86(121)124-52-54-30-33-58(34-31-54)97-76(111)66(28-23-44-96-84(94)119)100-81(116)92(41-24-42-92)82(117)101-67(37-39-72(108)125-88(3,4)5)77(112)99-70(48-55-29-32-56-25-19-20-26-57(56)47-55)75(110)95-43-22-21-27-68(79(114)127-90(9,10)11)102-85(120)103-69(80(115)128-91(12,13)14)38-40-73(109)126-89(6,7)8/h19-20,25-26,29-36,47,49-50,66-70,107H,17-18,21-24,27-28,37-46,48,51-53H2,1-16H3,(H,95,110)(H,97,111)(H,99,112)(H,100,116)(H,101,117)(H3,94,96,119)(H2,102,103,120)/t66-,67-,68-,69-,70-,93-/m0/s1. The molecule has 9 rings (SSSR count). The summed E-state index contributed by atoms with van der Waals surface area (Å²) in [5.74, 6) is -7.90. The topological polar surface area (TPSA) is 487 Å². The number of primary amides is 1. The number of phenolic OH excluding ortho intramolecular Hbond substituents is 1. The summed E-state index contributed by atoms with van der Waals surface area (Å²) >= 11 is 0. The molecule has 0 unspecified atom stereocenters. The van der Waals surface area contributed by atoms with E-state index in [1.165, 1.54) is 37.2 Å². The number of carbonyl (C=O) groups excluding carboxylic acids is 14. The number of aryl methyl sites for hydroxylation is 1. The molecule has 11 N–H and O–H groups in total. The number of aromatic hydroxyl groups is 1. The molecule has 36 heteroatoms. The Morgan fingerprint density at radius 3 is 1.71 bits per heavy atom. The molecule has 2 aliphatic heterocycles. The monoisotopic (exact) mass is 1790 g/mol. The first-order chi connectivity index (χ1) is 60.6. The minimum Gasteiger partial charge on any atom is -0.508 e. The summed E-state index contributed by atoms with van der Waals surface area (Å²) in [4.78, 5) is 216. The van der Waals surface area contributed by atoms with Gasteiger partial charge in [-0.05, 0) is 218 Å². The lowest BCUT2D eigenvalue weighted by molar-refractivity contribution is -0.173. The van der Waals surface area contributed by atoms with Crippen LogP contribution in [-0.4, -0.2) is 201 Å². The maximum atomic E-state index is 15.0. The number of anilines is 1. The number of pyridine rings is 2. The number of rotatable bonds is 38. The highest BCUT2D eigenvalue weighted by Gasteiger charge is 2.54. The number of hydrogen-bond donors (Lipinski definition) is 10. The van der Waals surface area contributed by atoms with Gasteiger partial charge in [-0.2, -0.15) is 0 Å². The number of nitrogens with zero attached hydrogens (tertiary/aromatic N) is 4. The molecule has 36 nitrogen and oxygen atoms in total. The molecule has 4 aromatic carbocycles. The zero-order chi connectivity index (χ0) is 94.8. The molecule has 1 saturated carbocycles. The molecular weight excluding hydrogens is 1670 g/mol. The number of fused-ring (bicyclic) bond motifs is 6. The van der Waals surface area contributed by atoms with Gasteiger partial charge in [0, 0.05) is 81.7 Å². The van der Waals surface area contributed by atoms with E-state index in [9.17, 15) is 67.4 Å². The first-order valence-electron chi connectivity index (χ1n) is 43.6. The Balaban J connectivity index is 0.832. The second-order valence-corrected chi connectivity index (χ2v) is 36.7. The third kappa shape index (κ3) is 27.3. The van der Waals surface area contributed by atoms with Crippen LogP contribution in [-0.2, 0) is 119 Å². The van der Waals surface area contributed by atoms with E-state index in [0.717, 1.165) is 32.2 Å². The van der Waals surface area contributed by atoms with E-state index in [-0.39, 0.29) is 146 Å². The van der Waals surface area contributed by atoms with E-state index in [1.807, 2.05) is 43.3 Å². The Labute approximate surface area is 749 Å². The number of nitrogens with two attached hydrogens (primary N) is 1. The van der Waals surface area contributed by atoms with E-state index in [1.54, 1.807) is 131 Å². The van der Waals surface area contributed by atoms with Gasteiger partial charge in [0.05, 0.1) is 29.0 Å². The summed E-state index contributed by atoms with van der Waals surface area (Å²) in [5.41, 5.74) is 2.17. The Morgan fingerprint density at radius 2 is 1.14 bits per heavy atom. The van der Waals surface area contributed by atoms with Crippen LogP contribution < -0.4 is 53.8 Å². The number of benzene rings is 4. The van der Waals surface area contributed by atoms with Crippen LogP contribution in [0, 0.1) is 5.41 Å². The molecule has 3 aliphatic rings. The van der Waals surface area contributed by atoms with Gasteiger partial charge in [-0.25, -0.2) is 38.5 Å². The van der Waals surface area contributed by atoms with Gasteiger partial charge in [0.25, 0.3) is 5.56 Å². The second kappa shape index (κ2) is 42.8. The molecule has 0 saturated heterocycles. The highest BCUT2D eigenvalue weighted by molar-refractivity contribution is 6.09. The highest BCUT2D eigenvalue weighted by atomic mass is 16.6. The fraction of sp³-hybridized carbons (Fsp3) is 0.527. The lowest BCUT2D eigenvalue weighted by Gasteiger charge is -2.40. The zero-order valence-corrected chi connectivity index (χ0v) is 76.4. The van der Waals surface area contributed by atoms with Crippen molar-refractivity contribution in [3.8, 4) is 17.1 Å². The van der Waals surface area contributed by atoms with Gasteiger partial charge in [0.15, 0.2) is 0 Å². The van der Waals surface area contributed by atoms with Crippen molar-refractivity contribution in [2.75, 3.05) is 45.6 Å². The molecule has 0 radical (unpaired) electrons. The van der Waals surface area contributed by atoms with Gasteiger partial charge in [-0.1, -0.05) is 74.9 Å². The van der Waals surface area contributed by atoms with E-state index in [4.69, 9.17) is 43.9 Å². The van der Waals surface area contributed by atoms with Crippen molar-refractivity contribution < 1.29 is 105 Å². The SMILES string of the molecule is CCc1c2c(nc3ccc(O)cc13)-c1cc3c(c(=O)n1C2)COC(=O)[C@@]3(CC)OC(=O)N(C)CCN(C)C(=O)OCc1ccc(NC(=O)[C@H](CCCNC(N)=O)NC(=O)C2(C(=O)N[C@@H](CCC(=O)OC(C)(C)C)C(=O)N[C@@H](Cc3ccc4ccccc4c3)C(=O)NCCCC[C@H](NC(=O)N[C@@H](CCC(=O)OC(C)(C)C)C(=O)OC(C)(C)C)C(=O)OC(C)(C)C)CCC2)cc1. The van der Waals surface area contributed by atoms with Crippen LogP contribution >= 0.6 is 0 Å². The molecule has 2 aromatic heterocycles. The summed E-state index contributed by atoms with van der Waals surface area (Å²) in [5, 5.41) is 34.3. The van der Waals surface area contributed by atoms with Crippen molar-refractivity contribution in [2.24, 2.45) is 11.1 Å².